The first kappa shape index (κ1) is 14.1. The molecule has 1 heterocycles. The lowest BCUT2D eigenvalue weighted by Crippen LogP contribution is -2.05. The Kier molecular flexibility index (Phi) is 5.01. The lowest BCUT2D eigenvalue weighted by Gasteiger charge is -2.10. The lowest BCUT2D eigenvalue weighted by atomic mass is 10.3. The average molecular weight is 297 g/mol. The summed E-state index contributed by atoms with van der Waals surface area (Å²) in [6.07, 6.45) is -0.695. The molecule has 1 unspecified atom stereocenters. The van der Waals surface area contributed by atoms with Crippen molar-refractivity contribution >= 4 is 23.4 Å². The van der Waals surface area contributed by atoms with Crippen LogP contribution in [0.4, 0.5) is 0 Å². The van der Waals surface area contributed by atoms with Crippen molar-refractivity contribution in [2.75, 3.05) is 12.9 Å². The third-order valence-corrected chi connectivity index (χ3v) is 4.04. The van der Waals surface area contributed by atoms with Crippen molar-refractivity contribution in [3.63, 3.8) is 0 Å². The smallest absolute Gasteiger partial charge is 0.233 e. The van der Waals surface area contributed by atoms with Gasteiger partial charge in [0.2, 0.25) is 5.88 Å². The molecule has 100 valence electrons. The van der Waals surface area contributed by atoms with Crippen LogP contribution in [0.5, 0.6) is 5.88 Å². The van der Waals surface area contributed by atoms with Gasteiger partial charge in [-0.1, -0.05) is 23.7 Å². The molecule has 6 heteroatoms. The molecule has 0 aliphatic rings. The molecule has 2 aromatic rings. The van der Waals surface area contributed by atoms with Crippen LogP contribution in [-0.2, 0) is 0 Å². The van der Waals surface area contributed by atoms with Gasteiger partial charge in [0.05, 0.1) is 17.8 Å². The van der Waals surface area contributed by atoms with E-state index in [4.69, 9.17) is 16.3 Å². The third kappa shape index (κ3) is 3.83. The Morgan fingerprint density at radius 2 is 2.05 bits per heavy atom. The average Bonchev–Trinajstić information content (AvgIpc) is 2.46. The fourth-order valence-electron chi connectivity index (χ4n) is 1.43. The van der Waals surface area contributed by atoms with E-state index in [1.54, 1.807) is 12.1 Å². The van der Waals surface area contributed by atoms with Gasteiger partial charge >= 0.3 is 0 Å². The van der Waals surface area contributed by atoms with Crippen LogP contribution in [0.15, 0.2) is 41.3 Å². The zero-order valence-electron chi connectivity index (χ0n) is 10.3. The first-order valence-electron chi connectivity index (χ1n) is 5.63. The number of methoxy groups -OCH3 is 1. The first-order valence-corrected chi connectivity index (χ1v) is 7.00. The highest BCUT2D eigenvalue weighted by Gasteiger charge is 2.11. The maximum absolute atomic E-state index is 10.0. The largest absolute Gasteiger partial charge is 0.480 e. The normalized spacial score (nSPS) is 12.2. The second-order valence-electron chi connectivity index (χ2n) is 3.76. The summed E-state index contributed by atoms with van der Waals surface area (Å²) in [4.78, 5) is 0.935. The van der Waals surface area contributed by atoms with Gasteiger partial charge in [-0.25, -0.2) is 0 Å². The summed E-state index contributed by atoms with van der Waals surface area (Å²) in [7, 11) is 1.52. The Labute approximate surface area is 120 Å². The van der Waals surface area contributed by atoms with Crippen LogP contribution < -0.4 is 4.74 Å². The van der Waals surface area contributed by atoms with Gasteiger partial charge in [0.15, 0.2) is 0 Å². The summed E-state index contributed by atoms with van der Waals surface area (Å²) < 4.78 is 4.92. The van der Waals surface area contributed by atoms with Gasteiger partial charge in [-0.3, -0.25) is 0 Å². The molecule has 0 aliphatic heterocycles. The fourth-order valence-corrected chi connectivity index (χ4v) is 2.62. The molecule has 0 bridgehead atoms. The molecule has 4 nitrogen and oxygen atoms in total. The van der Waals surface area contributed by atoms with Gasteiger partial charge in [-0.2, -0.15) is 0 Å². The Hall–Kier alpha value is -1.30. The highest BCUT2D eigenvalue weighted by Crippen LogP contribution is 2.29. The Morgan fingerprint density at radius 3 is 2.68 bits per heavy atom. The van der Waals surface area contributed by atoms with E-state index in [0.717, 1.165) is 4.90 Å². The highest BCUT2D eigenvalue weighted by atomic mass is 35.5. The van der Waals surface area contributed by atoms with Crippen molar-refractivity contribution < 1.29 is 9.84 Å². The summed E-state index contributed by atoms with van der Waals surface area (Å²) in [5, 5.41) is 18.4. The maximum atomic E-state index is 10.0. The molecule has 1 aromatic carbocycles. The number of nitrogens with zero attached hydrogens (tertiary/aromatic N) is 2. The van der Waals surface area contributed by atoms with Crippen molar-refractivity contribution in [1.82, 2.24) is 10.2 Å². The first-order chi connectivity index (χ1) is 9.20. The quantitative estimate of drug-likeness (QED) is 0.860. The van der Waals surface area contributed by atoms with Gasteiger partial charge in [0.25, 0.3) is 0 Å². The van der Waals surface area contributed by atoms with Crippen LogP contribution in [0.2, 0.25) is 5.02 Å². The van der Waals surface area contributed by atoms with Gasteiger partial charge in [0.1, 0.15) is 6.10 Å². The molecular weight excluding hydrogens is 284 g/mol. The van der Waals surface area contributed by atoms with Crippen molar-refractivity contribution in [2.24, 2.45) is 0 Å². The number of thioether (sulfide) groups is 1. The predicted molar refractivity (Wildman–Crippen MR) is 75.7 cm³/mol. The van der Waals surface area contributed by atoms with Crippen LogP contribution in [0.1, 0.15) is 11.8 Å². The standard InChI is InChI=1S/C13H13ClN2O2S/c1-18-13-7-6-10(15-16-13)11(17)8-19-12-5-3-2-4-9(12)14/h2-7,11,17H,8H2,1H3. The van der Waals surface area contributed by atoms with E-state index in [1.165, 1.54) is 18.9 Å². The number of rotatable bonds is 5. The van der Waals surface area contributed by atoms with Crippen LogP contribution in [0, 0.1) is 0 Å². The maximum Gasteiger partial charge on any atom is 0.233 e. The fraction of sp³-hybridized carbons (Fsp3) is 0.231. The molecule has 0 saturated carbocycles. The van der Waals surface area contributed by atoms with Gasteiger partial charge < -0.3 is 9.84 Å². The van der Waals surface area contributed by atoms with Crippen LogP contribution in [0.25, 0.3) is 0 Å². The number of benzene rings is 1. The Morgan fingerprint density at radius 1 is 1.26 bits per heavy atom. The molecule has 2 rings (SSSR count). The van der Waals surface area contributed by atoms with E-state index >= 15 is 0 Å². The zero-order valence-corrected chi connectivity index (χ0v) is 11.9. The van der Waals surface area contributed by atoms with E-state index in [1.807, 2.05) is 24.3 Å². The number of halogens is 1. The van der Waals surface area contributed by atoms with Gasteiger partial charge in [-0.15, -0.1) is 22.0 Å². The van der Waals surface area contributed by atoms with Crippen molar-refractivity contribution in [3.05, 3.63) is 47.1 Å². The minimum atomic E-state index is -0.695. The number of hydrogen-bond acceptors (Lipinski definition) is 5. The molecule has 0 spiro atoms. The monoisotopic (exact) mass is 296 g/mol. The predicted octanol–water partition coefficient (Wildman–Crippen LogP) is 2.96. The molecule has 1 atom stereocenters. The minimum absolute atomic E-state index is 0.426. The molecular formula is C13H13ClN2O2S. The van der Waals surface area contributed by atoms with Crippen molar-refractivity contribution in [1.29, 1.82) is 0 Å². The Bertz CT molecular complexity index is 536. The topological polar surface area (TPSA) is 55.2 Å². The highest BCUT2D eigenvalue weighted by molar-refractivity contribution is 7.99. The van der Waals surface area contributed by atoms with Crippen LogP contribution >= 0.6 is 23.4 Å². The summed E-state index contributed by atoms with van der Waals surface area (Å²) >= 11 is 7.53. The molecule has 1 N–H and O–H groups in total. The summed E-state index contributed by atoms with van der Waals surface area (Å²) in [6.45, 7) is 0. The van der Waals surface area contributed by atoms with Crippen LogP contribution in [-0.4, -0.2) is 28.2 Å². The van der Waals surface area contributed by atoms with Gasteiger partial charge in [0, 0.05) is 16.7 Å². The molecule has 0 amide bonds. The number of aliphatic hydroxyl groups excluding tert-OH is 1. The van der Waals surface area contributed by atoms with E-state index in [0.29, 0.717) is 22.3 Å². The van der Waals surface area contributed by atoms with E-state index in [9.17, 15) is 5.11 Å². The van der Waals surface area contributed by atoms with E-state index in [2.05, 4.69) is 10.2 Å². The second-order valence-corrected chi connectivity index (χ2v) is 5.23. The third-order valence-electron chi connectivity index (χ3n) is 2.44. The summed E-state index contributed by atoms with van der Waals surface area (Å²) in [6, 6.07) is 10.9. The molecule has 0 aliphatic carbocycles. The minimum Gasteiger partial charge on any atom is -0.480 e. The Balaban J connectivity index is 1.97. The number of aromatic nitrogens is 2. The van der Waals surface area contributed by atoms with Crippen LogP contribution in [0.3, 0.4) is 0 Å². The summed E-state index contributed by atoms with van der Waals surface area (Å²) in [5.74, 6) is 0.889. The molecule has 0 radical (unpaired) electrons. The summed E-state index contributed by atoms with van der Waals surface area (Å²) in [5.41, 5.74) is 0.514. The number of aliphatic hydroxyl groups is 1. The number of ether oxygens (including phenoxy) is 1. The zero-order chi connectivity index (χ0) is 13.7. The molecule has 0 saturated heterocycles. The van der Waals surface area contributed by atoms with Crippen molar-refractivity contribution in [2.45, 2.75) is 11.0 Å². The van der Waals surface area contributed by atoms with Gasteiger partial charge in [-0.05, 0) is 18.2 Å². The molecule has 19 heavy (non-hydrogen) atoms. The van der Waals surface area contributed by atoms with Crippen molar-refractivity contribution in [3.8, 4) is 5.88 Å². The lowest BCUT2D eigenvalue weighted by molar-refractivity contribution is 0.197. The molecule has 0 fully saturated rings. The number of hydrogen-bond donors (Lipinski definition) is 1. The second kappa shape index (κ2) is 6.75. The van der Waals surface area contributed by atoms with E-state index in [-0.39, 0.29) is 0 Å². The molecule has 1 aromatic heterocycles. The van der Waals surface area contributed by atoms with E-state index < -0.39 is 6.10 Å². The SMILES string of the molecule is COc1ccc(C(O)CSc2ccccc2Cl)nn1.